The van der Waals surface area contributed by atoms with Crippen LogP contribution in [0.1, 0.15) is 22.4 Å². The molecule has 0 radical (unpaired) electrons. The van der Waals surface area contributed by atoms with Crippen LogP contribution in [0, 0.1) is 6.92 Å². The average molecular weight is 359 g/mol. The summed E-state index contributed by atoms with van der Waals surface area (Å²) in [6, 6.07) is 14.2. The van der Waals surface area contributed by atoms with E-state index in [1.807, 2.05) is 30.3 Å². The molecule has 0 fully saturated rings. The molecule has 1 heterocycles. The molecule has 2 N–H and O–H groups in total. The molecule has 2 aromatic carbocycles. The van der Waals surface area contributed by atoms with Gasteiger partial charge < -0.3 is 5.32 Å². The zero-order valence-corrected chi connectivity index (χ0v) is 13.9. The van der Waals surface area contributed by atoms with E-state index in [4.69, 9.17) is 0 Å². The molecule has 0 spiro atoms. The van der Waals surface area contributed by atoms with Gasteiger partial charge in [-0.05, 0) is 30.7 Å². The van der Waals surface area contributed by atoms with Crippen molar-refractivity contribution < 1.29 is 13.2 Å². The van der Waals surface area contributed by atoms with E-state index >= 15 is 0 Å². The molecular weight excluding hydrogens is 343 g/mol. The van der Waals surface area contributed by atoms with Crippen molar-refractivity contribution in [1.29, 1.82) is 0 Å². The highest BCUT2D eigenvalue weighted by atomic mass is 19.4. The lowest BCUT2D eigenvalue weighted by Gasteiger charge is -2.11. The predicted molar refractivity (Wildman–Crippen MR) is 93.6 cm³/mol. The number of halogens is 3. The van der Waals surface area contributed by atoms with Crippen LogP contribution in [0.15, 0.2) is 59.4 Å². The number of rotatable bonds is 4. The van der Waals surface area contributed by atoms with Crippen LogP contribution in [0.5, 0.6) is 0 Å². The number of aromatic amines is 1. The highest BCUT2D eigenvalue weighted by Gasteiger charge is 2.30. The van der Waals surface area contributed by atoms with Gasteiger partial charge in [0.15, 0.2) is 0 Å². The molecule has 0 aliphatic heterocycles. The lowest BCUT2D eigenvalue weighted by molar-refractivity contribution is -0.137. The zero-order chi connectivity index (χ0) is 18.7. The third-order valence-electron chi connectivity index (χ3n) is 3.90. The van der Waals surface area contributed by atoms with Gasteiger partial charge in [-0.15, -0.1) is 0 Å². The Morgan fingerprint density at radius 1 is 1.08 bits per heavy atom. The fraction of sp³-hybridized carbons (Fsp3) is 0.158. The molecule has 0 saturated carbocycles. The zero-order valence-electron chi connectivity index (χ0n) is 13.9. The van der Waals surface area contributed by atoms with Crippen LogP contribution in [0.2, 0.25) is 0 Å². The van der Waals surface area contributed by atoms with Gasteiger partial charge in [0.2, 0.25) is 5.95 Å². The van der Waals surface area contributed by atoms with Crippen molar-refractivity contribution >= 4 is 11.6 Å². The first kappa shape index (κ1) is 17.7. The molecule has 0 amide bonds. The van der Waals surface area contributed by atoms with Crippen molar-refractivity contribution in [3.05, 3.63) is 87.3 Å². The molecule has 3 rings (SSSR count). The first-order valence-electron chi connectivity index (χ1n) is 7.91. The van der Waals surface area contributed by atoms with E-state index in [2.05, 4.69) is 15.3 Å². The minimum atomic E-state index is -4.44. The number of aromatic nitrogens is 2. The molecule has 0 saturated heterocycles. The van der Waals surface area contributed by atoms with Crippen LogP contribution in [0.4, 0.5) is 24.8 Å². The van der Waals surface area contributed by atoms with Gasteiger partial charge in [-0.25, -0.2) is 4.98 Å². The number of nitrogens with zero attached hydrogens (tertiary/aromatic N) is 1. The smallest absolute Gasteiger partial charge is 0.326 e. The van der Waals surface area contributed by atoms with Gasteiger partial charge in [-0.2, -0.15) is 13.2 Å². The molecule has 0 bridgehead atoms. The number of anilines is 2. The Bertz CT molecular complexity index is 966. The van der Waals surface area contributed by atoms with E-state index in [1.165, 1.54) is 12.1 Å². The molecule has 4 nitrogen and oxygen atoms in total. The Hall–Kier alpha value is -3.09. The molecule has 7 heteroatoms. The second-order valence-electron chi connectivity index (χ2n) is 5.84. The standard InChI is InChI=1S/C19H16F3N3O/c1-12-16(10-13-6-3-2-4-7-13)17(26)25-18(23-12)24-15-9-5-8-14(11-15)19(20,21)22/h2-9,11H,10H2,1H3,(H2,23,24,25,26). The van der Waals surface area contributed by atoms with Gasteiger partial charge in [-0.1, -0.05) is 36.4 Å². The van der Waals surface area contributed by atoms with Crippen LogP contribution in [-0.4, -0.2) is 9.97 Å². The molecule has 3 aromatic rings. The molecule has 0 atom stereocenters. The van der Waals surface area contributed by atoms with E-state index in [1.54, 1.807) is 6.92 Å². The Morgan fingerprint density at radius 3 is 2.46 bits per heavy atom. The molecule has 134 valence electrons. The summed E-state index contributed by atoms with van der Waals surface area (Å²) in [5, 5.41) is 2.72. The van der Waals surface area contributed by atoms with Crippen molar-refractivity contribution in [3.8, 4) is 0 Å². The number of H-pyrrole nitrogens is 1. The lowest BCUT2D eigenvalue weighted by atomic mass is 10.1. The number of aryl methyl sites for hydroxylation is 1. The van der Waals surface area contributed by atoms with Gasteiger partial charge in [-0.3, -0.25) is 9.78 Å². The maximum absolute atomic E-state index is 12.8. The van der Waals surface area contributed by atoms with Gasteiger partial charge in [0.25, 0.3) is 5.56 Å². The minimum absolute atomic E-state index is 0.101. The van der Waals surface area contributed by atoms with Gasteiger partial charge in [0, 0.05) is 17.7 Å². The SMILES string of the molecule is Cc1nc(Nc2cccc(C(F)(F)F)c2)[nH]c(=O)c1Cc1ccccc1. The second-order valence-corrected chi connectivity index (χ2v) is 5.84. The monoisotopic (exact) mass is 359 g/mol. The Morgan fingerprint density at radius 2 is 1.81 bits per heavy atom. The number of nitrogens with one attached hydrogen (secondary N) is 2. The van der Waals surface area contributed by atoms with Gasteiger partial charge in [0.1, 0.15) is 0 Å². The van der Waals surface area contributed by atoms with Crippen LogP contribution >= 0.6 is 0 Å². The summed E-state index contributed by atoms with van der Waals surface area (Å²) in [4.78, 5) is 19.2. The first-order valence-corrected chi connectivity index (χ1v) is 7.91. The third kappa shape index (κ3) is 4.11. The summed E-state index contributed by atoms with van der Waals surface area (Å²) in [7, 11) is 0. The van der Waals surface area contributed by atoms with Crippen molar-refractivity contribution in [1.82, 2.24) is 9.97 Å². The quantitative estimate of drug-likeness (QED) is 0.724. The molecule has 0 aliphatic rings. The summed E-state index contributed by atoms with van der Waals surface area (Å²) in [5.74, 6) is 0.101. The summed E-state index contributed by atoms with van der Waals surface area (Å²) in [6.45, 7) is 1.70. The molecule has 26 heavy (non-hydrogen) atoms. The average Bonchev–Trinajstić information content (AvgIpc) is 2.59. The van der Waals surface area contributed by atoms with E-state index < -0.39 is 11.7 Å². The lowest BCUT2D eigenvalue weighted by Crippen LogP contribution is -2.18. The Kier molecular flexibility index (Phi) is 4.79. The fourth-order valence-corrected chi connectivity index (χ4v) is 2.59. The fourth-order valence-electron chi connectivity index (χ4n) is 2.59. The highest BCUT2D eigenvalue weighted by molar-refractivity contribution is 5.55. The summed E-state index contributed by atoms with van der Waals surface area (Å²) in [6.07, 6.45) is -4.01. The largest absolute Gasteiger partial charge is 0.416 e. The molecule has 0 unspecified atom stereocenters. The van der Waals surface area contributed by atoms with Crippen molar-refractivity contribution in [2.75, 3.05) is 5.32 Å². The van der Waals surface area contributed by atoms with Gasteiger partial charge >= 0.3 is 6.18 Å². The topological polar surface area (TPSA) is 57.8 Å². The maximum Gasteiger partial charge on any atom is 0.416 e. The maximum atomic E-state index is 12.8. The van der Waals surface area contributed by atoms with E-state index in [0.717, 1.165) is 17.7 Å². The van der Waals surface area contributed by atoms with Crippen LogP contribution in [0.3, 0.4) is 0 Å². The van der Waals surface area contributed by atoms with Crippen LogP contribution < -0.4 is 10.9 Å². The minimum Gasteiger partial charge on any atom is -0.326 e. The predicted octanol–water partition coefficient (Wildman–Crippen LogP) is 4.43. The van der Waals surface area contributed by atoms with Crippen molar-refractivity contribution in [2.45, 2.75) is 19.5 Å². The highest BCUT2D eigenvalue weighted by Crippen LogP contribution is 2.31. The molecule has 0 aliphatic carbocycles. The Labute approximate surface area is 147 Å². The third-order valence-corrected chi connectivity index (χ3v) is 3.90. The molecular formula is C19H16F3N3O. The van der Waals surface area contributed by atoms with Crippen LogP contribution in [-0.2, 0) is 12.6 Å². The summed E-state index contributed by atoms with van der Waals surface area (Å²) >= 11 is 0. The van der Waals surface area contributed by atoms with Crippen molar-refractivity contribution in [3.63, 3.8) is 0 Å². The van der Waals surface area contributed by atoms with Gasteiger partial charge in [0.05, 0.1) is 11.3 Å². The molecule has 1 aromatic heterocycles. The van der Waals surface area contributed by atoms with E-state index in [0.29, 0.717) is 17.7 Å². The number of hydrogen-bond donors (Lipinski definition) is 2. The van der Waals surface area contributed by atoms with E-state index in [9.17, 15) is 18.0 Å². The van der Waals surface area contributed by atoms with Crippen LogP contribution in [0.25, 0.3) is 0 Å². The number of alkyl halides is 3. The summed E-state index contributed by atoms with van der Waals surface area (Å²) in [5.41, 5.74) is 1.11. The normalized spacial score (nSPS) is 11.4. The Balaban J connectivity index is 1.86. The first-order chi connectivity index (χ1) is 12.3. The number of hydrogen-bond acceptors (Lipinski definition) is 3. The van der Waals surface area contributed by atoms with E-state index in [-0.39, 0.29) is 17.2 Å². The van der Waals surface area contributed by atoms with Crippen molar-refractivity contribution in [2.24, 2.45) is 0 Å². The second kappa shape index (κ2) is 7.03. The summed E-state index contributed by atoms with van der Waals surface area (Å²) < 4.78 is 38.4. The number of benzene rings is 2.